The molecule has 0 saturated heterocycles. The molecule has 0 aliphatic heterocycles. The van der Waals surface area contributed by atoms with Crippen LogP contribution in [0, 0.1) is 0 Å². The first-order valence-electron chi connectivity index (χ1n) is 14.8. The van der Waals surface area contributed by atoms with Crippen molar-refractivity contribution in [3.8, 4) is 67.0 Å². The van der Waals surface area contributed by atoms with E-state index in [0.29, 0.717) is 17.5 Å². The molecule has 0 amide bonds. The van der Waals surface area contributed by atoms with Gasteiger partial charge in [-0.1, -0.05) is 146 Å². The van der Waals surface area contributed by atoms with Crippen LogP contribution >= 0.6 is 11.3 Å². The van der Waals surface area contributed by atoms with Gasteiger partial charge in [0.15, 0.2) is 17.5 Å². The van der Waals surface area contributed by atoms with E-state index in [1.165, 1.54) is 0 Å². The van der Waals surface area contributed by atoms with Crippen molar-refractivity contribution in [2.75, 3.05) is 0 Å². The molecule has 5 heteroatoms. The van der Waals surface area contributed by atoms with Crippen LogP contribution in [0.5, 0.6) is 0 Å². The van der Waals surface area contributed by atoms with Gasteiger partial charge < -0.3 is 0 Å². The lowest BCUT2D eigenvalue weighted by molar-refractivity contribution is 1.07. The lowest BCUT2D eigenvalue weighted by Gasteiger charge is -2.13. The Hall–Kier alpha value is -5.78. The number of rotatable bonds is 6. The van der Waals surface area contributed by atoms with Crippen LogP contribution in [0.4, 0.5) is 0 Å². The van der Waals surface area contributed by atoms with Gasteiger partial charge in [-0.2, -0.15) is 0 Å². The maximum absolute atomic E-state index is 5.15. The van der Waals surface area contributed by atoms with Crippen LogP contribution < -0.4 is 0 Å². The maximum Gasteiger partial charge on any atom is 0.164 e. The van der Waals surface area contributed by atoms with Gasteiger partial charge in [-0.25, -0.2) is 19.9 Å². The molecule has 45 heavy (non-hydrogen) atoms. The topological polar surface area (TPSA) is 51.6 Å². The number of fused-ring (bicyclic) bond motifs is 1. The predicted molar refractivity (Wildman–Crippen MR) is 186 cm³/mol. The summed E-state index contributed by atoms with van der Waals surface area (Å²) in [6, 6.07) is 53.9. The number of aromatic nitrogens is 4. The number of thiazole rings is 1. The summed E-state index contributed by atoms with van der Waals surface area (Å²) < 4.78 is 1.13. The normalized spacial score (nSPS) is 11.1. The molecule has 0 bridgehead atoms. The zero-order valence-corrected chi connectivity index (χ0v) is 25.0. The van der Waals surface area contributed by atoms with Crippen molar-refractivity contribution in [3.63, 3.8) is 0 Å². The van der Waals surface area contributed by atoms with Crippen molar-refractivity contribution in [2.24, 2.45) is 0 Å². The van der Waals surface area contributed by atoms with Crippen molar-refractivity contribution in [2.45, 2.75) is 0 Å². The molecule has 8 aromatic rings. The lowest BCUT2D eigenvalue weighted by atomic mass is 9.94. The third-order valence-electron chi connectivity index (χ3n) is 7.78. The van der Waals surface area contributed by atoms with Crippen molar-refractivity contribution in [1.82, 2.24) is 19.9 Å². The third kappa shape index (κ3) is 5.30. The highest BCUT2D eigenvalue weighted by molar-refractivity contribution is 7.21. The molecule has 2 heterocycles. The van der Waals surface area contributed by atoms with Crippen molar-refractivity contribution < 1.29 is 0 Å². The molecular weight excluding hydrogens is 569 g/mol. The van der Waals surface area contributed by atoms with Gasteiger partial charge >= 0.3 is 0 Å². The van der Waals surface area contributed by atoms with Gasteiger partial charge in [0.1, 0.15) is 5.01 Å². The number of hydrogen-bond donors (Lipinski definition) is 0. The molecule has 0 N–H and O–H groups in total. The third-order valence-corrected chi connectivity index (χ3v) is 8.83. The molecule has 0 saturated carbocycles. The molecule has 0 fully saturated rings. The SMILES string of the molecule is c1ccc(-c2nc(-c3ccccc3)nc(-c3ccccc3-c3cc(-c4ccccc4)c4nc(-c5ccccc5)sc4c3)n2)cc1. The van der Waals surface area contributed by atoms with Crippen LogP contribution in [0.1, 0.15) is 0 Å². The second-order valence-corrected chi connectivity index (χ2v) is 11.7. The zero-order chi connectivity index (χ0) is 30.0. The average Bonchev–Trinajstić information content (AvgIpc) is 3.57. The highest BCUT2D eigenvalue weighted by atomic mass is 32.1. The number of hydrogen-bond acceptors (Lipinski definition) is 5. The van der Waals surface area contributed by atoms with Crippen molar-refractivity contribution >= 4 is 21.6 Å². The first kappa shape index (κ1) is 26.8. The van der Waals surface area contributed by atoms with E-state index in [1.807, 2.05) is 78.9 Å². The van der Waals surface area contributed by atoms with E-state index in [-0.39, 0.29) is 0 Å². The molecule has 8 rings (SSSR count). The smallest absolute Gasteiger partial charge is 0.164 e. The molecule has 0 radical (unpaired) electrons. The fraction of sp³-hybridized carbons (Fsp3) is 0. The summed E-state index contributed by atoms with van der Waals surface area (Å²) in [6.45, 7) is 0. The molecule has 6 aromatic carbocycles. The van der Waals surface area contributed by atoms with Gasteiger partial charge in [0.2, 0.25) is 0 Å². The maximum atomic E-state index is 5.15. The lowest BCUT2D eigenvalue weighted by Crippen LogP contribution is -2.01. The Kier molecular flexibility index (Phi) is 6.98. The second kappa shape index (κ2) is 11.7. The molecule has 0 unspecified atom stereocenters. The molecule has 0 aliphatic rings. The van der Waals surface area contributed by atoms with Crippen LogP contribution in [0.3, 0.4) is 0 Å². The second-order valence-electron chi connectivity index (χ2n) is 10.7. The number of benzene rings is 6. The summed E-state index contributed by atoms with van der Waals surface area (Å²) in [5.41, 5.74) is 9.32. The Bertz CT molecular complexity index is 2190. The van der Waals surface area contributed by atoms with E-state index in [1.54, 1.807) is 11.3 Å². The largest absolute Gasteiger partial charge is 0.235 e. The van der Waals surface area contributed by atoms with Gasteiger partial charge in [0.25, 0.3) is 0 Å². The Morgan fingerprint density at radius 3 is 1.38 bits per heavy atom. The molecule has 0 atom stereocenters. The van der Waals surface area contributed by atoms with E-state index in [9.17, 15) is 0 Å². The van der Waals surface area contributed by atoms with E-state index in [2.05, 4.69) is 78.9 Å². The van der Waals surface area contributed by atoms with Crippen molar-refractivity contribution in [3.05, 3.63) is 158 Å². The summed E-state index contributed by atoms with van der Waals surface area (Å²) in [6.07, 6.45) is 0. The Morgan fingerprint density at radius 1 is 0.333 bits per heavy atom. The minimum absolute atomic E-state index is 0.633. The zero-order valence-electron chi connectivity index (χ0n) is 24.2. The van der Waals surface area contributed by atoms with Gasteiger partial charge in [0.05, 0.1) is 10.2 Å². The van der Waals surface area contributed by atoms with Crippen LogP contribution in [0.25, 0.3) is 77.2 Å². The predicted octanol–water partition coefficient (Wildman–Crippen LogP) is 10.5. The van der Waals surface area contributed by atoms with Gasteiger partial charge in [-0.3, -0.25) is 0 Å². The average molecular weight is 595 g/mol. The standard InChI is InChI=1S/C40H26N4S/c1-5-15-27(16-6-1)34-25-31(26-35-36(34)41-40(45-35)30-21-11-4-12-22-30)32-23-13-14-24-33(32)39-43-37(28-17-7-2-8-18-28)42-38(44-39)29-19-9-3-10-20-29/h1-26H. The summed E-state index contributed by atoms with van der Waals surface area (Å²) >= 11 is 1.72. The van der Waals surface area contributed by atoms with Gasteiger partial charge in [-0.15, -0.1) is 11.3 Å². The summed E-state index contributed by atoms with van der Waals surface area (Å²) in [7, 11) is 0. The van der Waals surface area contributed by atoms with E-state index >= 15 is 0 Å². The highest BCUT2D eigenvalue weighted by Gasteiger charge is 2.18. The molecular formula is C40H26N4S. The summed E-state index contributed by atoms with van der Waals surface area (Å²) in [4.78, 5) is 20.1. The molecule has 0 aliphatic carbocycles. The Morgan fingerprint density at radius 2 is 0.800 bits per heavy atom. The van der Waals surface area contributed by atoms with E-state index in [4.69, 9.17) is 19.9 Å². The molecule has 212 valence electrons. The molecule has 0 spiro atoms. The first-order valence-corrected chi connectivity index (χ1v) is 15.6. The van der Waals surface area contributed by atoms with Gasteiger partial charge in [-0.05, 0) is 28.8 Å². The minimum atomic E-state index is 0.633. The quantitative estimate of drug-likeness (QED) is 0.192. The van der Waals surface area contributed by atoms with E-state index in [0.717, 1.165) is 59.7 Å². The first-order chi connectivity index (χ1) is 22.3. The highest BCUT2D eigenvalue weighted by Crippen LogP contribution is 2.41. The summed E-state index contributed by atoms with van der Waals surface area (Å²) in [5, 5.41) is 1.01. The van der Waals surface area contributed by atoms with Crippen LogP contribution in [0.2, 0.25) is 0 Å². The fourth-order valence-electron chi connectivity index (χ4n) is 5.59. The molecule has 2 aromatic heterocycles. The Labute approximate surface area is 265 Å². The van der Waals surface area contributed by atoms with Crippen LogP contribution in [-0.2, 0) is 0 Å². The van der Waals surface area contributed by atoms with Crippen molar-refractivity contribution in [1.29, 1.82) is 0 Å². The molecule has 4 nitrogen and oxygen atoms in total. The minimum Gasteiger partial charge on any atom is -0.235 e. The van der Waals surface area contributed by atoms with Crippen LogP contribution in [0.15, 0.2) is 158 Å². The fourth-order valence-corrected chi connectivity index (χ4v) is 6.62. The monoisotopic (exact) mass is 594 g/mol. The Balaban J connectivity index is 1.34. The van der Waals surface area contributed by atoms with Crippen LogP contribution in [-0.4, -0.2) is 19.9 Å². The van der Waals surface area contributed by atoms with Gasteiger partial charge in [0, 0.05) is 27.8 Å². The summed E-state index contributed by atoms with van der Waals surface area (Å²) in [5.74, 6) is 1.92. The van der Waals surface area contributed by atoms with E-state index < -0.39 is 0 Å². The number of nitrogens with zero attached hydrogens (tertiary/aromatic N) is 4.